The van der Waals surface area contributed by atoms with Gasteiger partial charge in [0.25, 0.3) is 10.0 Å². The summed E-state index contributed by atoms with van der Waals surface area (Å²) in [6.45, 7) is 4.81. The number of hydrogen-bond donors (Lipinski definition) is 1. The Hall–Kier alpha value is -4.21. The number of carbonyl (C=O) groups is 2. The Bertz CT molecular complexity index is 1680. The molecule has 0 saturated heterocycles. The zero-order chi connectivity index (χ0) is 31.9. The molecule has 4 aromatic rings. The minimum absolute atomic E-state index is 0.000605. The summed E-state index contributed by atoms with van der Waals surface area (Å²) in [4.78, 5) is 29.4. The molecule has 1 atom stereocenters. The Balaban J connectivity index is 1.80. The second-order valence-corrected chi connectivity index (χ2v) is 13.1. The number of nitrogens with zero attached hydrogens (tertiary/aromatic N) is 2. The van der Waals surface area contributed by atoms with Gasteiger partial charge < -0.3 is 10.2 Å². The molecule has 10 heteroatoms. The first-order valence-electron chi connectivity index (χ1n) is 14.2. The van der Waals surface area contributed by atoms with E-state index in [1.54, 1.807) is 30.3 Å². The number of benzene rings is 4. The molecule has 0 unspecified atom stereocenters. The summed E-state index contributed by atoms with van der Waals surface area (Å²) < 4.78 is 42.9. The minimum atomic E-state index is -4.24. The van der Waals surface area contributed by atoms with E-state index in [0.29, 0.717) is 10.6 Å². The normalized spacial score (nSPS) is 12.0. The molecule has 0 aliphatic carbocycles. The lowest BCUT2D eigenvalue weighted by Gasteiger charge is -2.34. The Morgan fingerprint density at radius 1 is 0.864 bits per heavy atom. The summed E-state index contributed by atoms with van der Waals surface area (Å²) in [5.74, 6) is -1.46. The number of nitrogens with one attached hydrogen (secondary N) is 1. The summed E-state index contributed by atoms with van der Waals surface area (Å²) in [7, 11) is -4.24. The van der Waals surface area contributed by atoms with Crippen molar-refractivity contribution in [3.63, 3.8) is 0 Å². The van der Waals surface area contributed by atoms with Crippen molar-refractivity contribution in [2.75, 3.05) is 10.8 Å². The van der Waals surface area contributed by atoms with Crippen LogP contribution in [0.25, 0.3) is 0 Å². The predicted octanol–water partition coefficient (Wildman–Crippen LogP) is 6.15. The van der Waals surface area contributed by atoms with Crippen molar-refractivity contribution >= 4 is 39.1 Å². The maximum Gasteiger partial charge on any atom is 0.264 e. The molecular weight excluding hydrogens is 601 g/mol. The number of sulfonamides is 1. The zero-order valence-electron chi connectivity index (χ0n) is 24.8. The molecule has 44 heavy (non-hydrogen) atoms. The Morgan fingerprint density at radius 2 is 1.52 bits per heavy atom. The number of anilines is 1. The van der Waals surface area contributed by atoms with Crippen LogP contribution in [-0.4, -0.2) is 43.8 Å². The lowest BCUT2D eigenvalue weighted by atomic mass is 10.0. The van der Waals surface area contributed by atoms with Crippen molar-refractivity contribution in [2.24, 2.45) is 0 Å². The van der Waals surface area contributed by atoms with Gasteiger partial charge in [-0.05, 0) is 74.4 Å². The van der Waals surface area contributed by atoms with Crippen LogP contribution in [0.15, 0.2) is 108 Å². The molecule has 0 bridgehead atoms. The van der Waals surface area contributed by atoms with E-state index in [2.05, 4.69) is 5.32 Å². The number of rotatable bonds is 12. The highest BCUT2D eigenvalue weighted by Gasteiger charge is 2.35. The van der Waals surface area contributed by atoms with Crippen LogP contribution >= 0.6 is 11.6 Å². The second-order valence-electron chi connectivity index (χ2n) is 10.8. The number of amides is 2. The van der Waals surface area contributed by atoms with Gasteiger partial charge in [-0.25, -0.2) is 12.8 Å². The van der Waals surface area contributed by atoms with E-state index in [-0.39, 0.29) is 29.6 Å². The first-order valence-corrected chi connectivity index (χ1v) is 16.0. The summed E-state index contributed by atoms with van der Waals surface area (Å²) in [5, 5.41) is 3.20. The highest BCUT2D eigenvalue weighted by Crippen LogP contribution is 2.27. The second kappa shape index (κ2) is 14.5. The lowest BCUT2D eigenvalue weighted by molar-refractivity contribution is -0.140. The molecule has 0 saturated carbocycles. The largest absolute Gasteiger partial charge is 0.352 e. The molecule has 7 nitrogen and oxygen atoms in total. The fraction of sp³-hybridized carbons (Fsp3) is 0.235. The summed E-state index contributed by atoms with van der Waals surface area (Å²) in [6.07, 6.45) is 0.175. The molecule has 230 valence electrons. The first kappa shape index (κ1) is 32.7. The van der Waals surface area contributed by atoms with Crippen molar-refractivity contribution in [3.8, 4) is 0 Å². The monoisotopic (exact) mass is 635 g/mol. The van der Waals surface area contributed by atoms with Gasteiger partial charge in [0.1, 0.15) is 18.4 Å². The van der Waals surface area contributed by atoms with Gasteiger partial charge >= 0.3 is 0 Å². The predicted molar refractivity (Wildman–Crippen MR) is 171 cm³/mol. The number of aryl methyl sites for hydroxylation is 1. The first-order chi connectivity index (χ1) is 20.9. The molecule has 0 aliphatic heterocycles. The van der Waals surface area contributed by atoms with Gasteiger partial charge in [0.2, 0.25) is 11.8 Å². The van der Waals surface area contributed by atoms with E-state index in [1.807, 2.05) is 51.1 Å². The molecule has 0 radical (unpaired) electrons. The number of carbonyl (C=O) groups excluding carboxylic acids is 2. The van der Waals surface area contributed by atoms with E-state index in [4.69, 9.17) is 11.6 Å². The molecule has 0 fully saturated rings. The van der Waals surface area contributed by atoms with Gasteiger partial charge in [0.05, 0.1) is 10.6 Å². The van der Waals surface area contributed by atoms with Crippen LogP contribution < -0.4 is 9.62 Å². The highest BCUT2D eigenvalue weighted by molar-refractivity contribution is 7.92. The summed E-state index contributed by atoms with van der Waals surface area (Å²) in [5.41, 5.74) is 2.46. The van der Waals surface area contributed by atoms with Gasteiger partial charge in [-0.3, -0.25) is 13.9 Å². The van der Waals surface area contributed by atoms with Gasteiger partial charge in [0, 0.05) is 24.0 Å². The van der Waals surface area contributed by atoms with E-state index < -0.39 is 40.2 Å². The van der Waals surface area contributed by atoms with Crippen LogP contribution in [0.4, 0.5) is 10.1 Å². The average Bonchev–Trinajstić information content (AvgIpc) is 2.98. The van der Waals surface area contributed by atoms with Gasteiger partial charge in [-0.2, -0.15) is 0 Å². The van der Waals surface area contributed by atoms with Crippen LogP contribution in [0.3, 0.4) is 0 Å². The third-order valence-electron chi connectivity index (χ3n) is 6.95. The van der Waals surface area contributed by atoms with E-state index in [9.17, 15) is 22.4 Å². The standard InChI is InChI=1S/C34H35ClFN3O4S/c1-24(2)37-34(41)32(20-26-8-5-4-6-9-26)38(22-27-14-16-29(36)17-15-27)33(40)23-39(30-11-7-10-28(35)21-30)44(42,43)31-18-12-25(3)13-19-31/h4-19,21,24,32H,20,22-23H2,1-3H3,(H,37,41)/t32-/m1/s1. The molecule has 0 aromatic heterocycles. The molecule has 0 spiro atoms. The molecule has 2 amide bonds. The maximum absolute atomic E-state index is 14.4. The van der Waals surface area contributed by atoms with Crippen LogP contribution in [0.5, 0.6) is 0 Å². The van der Waals surface area contributed by atoms with Crippen molar-refractivity contribution in [1.29, 1.82) is 0 Å². The average molecular weight is 636 g/mol. The fourth-order valence-corrected chi connectivity index (χ4v) is 6.31. The minimum Gasteiger partial charge on any atom is -0.352 e. The Morgan fingerprint density at radius 3 is 2.14 bits per heavy atom. The molecule has 4 aromatic carbocycles. The quantitative estimate of drug-likeness (QED) is 0.202. The molecule has 0 heterocycles. The van der Waals surface area contributed by atoms with Crippen LogP contribution in [0.1, 0.15) is 30.5 Å². The van der Waals surface area contributed by atoms with Crippen LogP contribution in [-0.2, 0) is 32.6 Å². The zero-order valence-corrected chi connectivity index (χ0v) is 26.4. The topological polar surface area (TPSA) is 86.8 Å². The van der Waals surface area contributed by atoms with Crippen molar-refractivity contribution in [3.05, 3.63) is 131 Å². The van der Waals surface area contributed by atoms with E-state index >= 15 is 0 Å². The molecule has 4 rings (SSSR count). The van der Waals surface area contributed by atoms with Gasteiger partial charge in [-0.1, -0.05) is 77.8 Å². The molecular formula is C34H35ClFN3O4S. The third-order valence-corrected chi connectivity index (χ3v) is 8.98. The van der Waals surface area contributed by atoms with Crippen molar-refractivity contribution < 1.29 is 22.4 Å². The Labute approximate surface area is 263 Å². The molecule has 0 aliphatic rings. The van der Waals surface area contributed by atoms with Gasteiger partial charge in [0.15, 0.2) is 0 Å². The van der Waals surface area contributed by atoms with Crippen LogP contribution in [0, 0.1) is 12.7 Å². The number of halogens is 2. The summed E-state index contributed by atoms with van der Waals surface area (Å²) in [6, 6.07) is 26.2. The maximum atomic E-state index is 14.4. The van der Waals surface area contributed by atoms with Crippen LogP contribution in [0.2, 0.25) is 5.02 Å². The van der Waals surface area contributed by atoms with Gasteiger partial charge in [-0.15, -0.1) is 0 Å². The van der Waals surface area contributed by atoms with Crippen molar-refractivity contribution in [1.82, 2.24) is 10.2 Å². The Kier molecular flexibility index (Phi) is 10.8. The summed E-state index contributed by atoms with van der Waals surface area (Å²) >= 11 is 6.26. The fourth-order valence-electron chi connectivity index (χ4n) is 4.72. The lowest BCUT2D eigenvalue weighted by Crippen LogP contribution is -2.54. The molecule has 1 N–H and O–H groups in total. The van der Waals surface area contributed by atoms with E-state index in [1.165, 1.54) is 47.4 Å². The highest BCUT2D eigenvalue weighted by atomic mass is 35.5. The van der Waals surface area contributed by atoms with E-state index in [0.717, 1.165) is 15.4 Å². The SMILES string of the molecule is Cc1ccc(S(=O)(=O)N(CC(=O)N(Cc2ccc(F)cc2)[C@H](Cc2ccccc2)C(=O)NC(C)C)c2cccc(Cl)c2)cc1. The number of hydrogen-bond acceptors (Lipinski definition) is 4. The third kappa shape index (κ3) is 8.45. The van der Waals surface area contributed by atoms with Crippen molar-refractivity contribution in [2.45, 2.75) is 50.7 Å². The smallest absolute Gasteiger partial charge is 0.264 e.